The fourth-order valence-electron chi connectivity index (χ4n) is 2.55. The third kappa shape index (κ3) is 0.737. The standard InChI is InChI=1S/C8H13ClO/c9-5-8-2-1-6(4-8)3-7(8)10/h6-7,10H,1-5H2/t6-,7-,8-/m1/s1. The van der Waals surface area contributed by atoms with Gasteiger partial charge in [0.25, 0.3) is 0 Å². The fourth-order valence-corrected chi connectivity index (χ4v) is 2.97. The van der Waals surface area contributed by atoms with Gasteiger partial charge in [0.2, 0.25) is 0 Å². The molecule has 0 aromatic rings. The van der Waals surface area contributed by atoms with E-state index in [9.17, 15) is 5.11 Å². The minimum absolute atomic E-state index is 0.0938. The summed E-state index contributed by atoms with van der Waals surface area (Å²) in [5.74, 6) is 1.44. The Hall–Kier alpha value is 0.250. The van der Waals surface area contributed by atoms with Gasteiger partial charge in [0.1, 0.15) is 0 Å². The van der Waals surface area contributed by atoms with Gasteiger partial charge < -0.3 is 5.11 Å². The molecule has 2 heteroatoms. The largest absolute Gasteiger partial charge is 0.392 e. The van der Waals surface area contributed by atoms with Crippen molar-refractivity contribution in [3.05, 3.63) is 0 Å². The second-order valence-corrected chi connectivity index (χ2v) is 4.12. The van der Waals surface area contributed by atoms with Gasteiger partial charge in [0, 0.05) is 11.3 Å². The summed E-state index contributed by atoms with van der Waals surface area (Å²) in [6.07, 6.45) is 4.54. The summed E-state index contributed by atoms with van der Waals surface area (Å²) in [6.45, 7) is 0. The van der Waals surface area contributed by atoms with Gasteiger partial charge in [-0.1, -0.05) is 0 Å². The van der Waals surface area contributed by atoms with Crippen molar-refractivity contribution in [2.45, 2.75) is 31.8 Å². The zero-order valence-corrected chi connectivity index (χ0v) is 6.77. The van der Waals surface area contributed by atoms with E-state index in [1.54, 1.807) is 0 Å². The van der Waals surface area contributed by atoms with Crippen molar-refractivity contribution >= 4 is 11.6 Å². The third-order valence-corrected chi connectivity index (χ3v) is 3.81. The molecule has 0 unspecified atom stereocenters. The van der Waals surface area contributed by atoms with Crippen molar-refractivity contribution < 1.29 is 5.11 Å². The van der Waals surface area contributed by atoms with E-state index in [-0.39, 0.29) is 11.5 Å². The molecule has 0 aromatic heterocycles. The molecular weight excluding hydrogens is 148 g/mol. The van der Waals surface area contributed by atoms with E-state index in [0.29, 0.717) is 5.88 Å². The van der Waals surface area contributed by atoms with Crippen LogP contribution >= 0.6 is 11.6 Å². The lowest BCUT2D eigenvalue weighted by molar-refractivity contribution is 0.0555. The summed E-state index contributed by atoms with van der Waals surface area (Å²) >= 11 is 5.83. The molecule has 10 heavy (non-hydrogen) atoms. The molecule has 1 N–H and O–H groups in total. The highest BCUT2D eigenvalue weighted by atomic mass is 35.5. The van der Waals surface area contributed by atoms with Gasteiger partial charge in [-0.25, -0.2) is 0 Å². The van der Waals surface area contributed by atoms with Crippen molar-refractivity contribution in [2.24, 2.45) is 11.3 Å². The van der Waals surface area contributed by atoms with Crippen LogP contribution in [-0.2, 0) is 0 Å². The van der Waals surface area contributed by atoms with Crippen molar-refractivity contribution in [2.75, 3.05) is 5.88 Å². The number of alkyl halides is 1. The first-order chi connectivity index (χ1) is 4.77. The molecule has 2 bridgehead atoms. The summed E-state index contributed by atoms with van der Waals surface area (Å²) < 4.78 is 0. The molecule has 0 saturated heterocycles. The van der Waals surface area contributed by atoms with Crippen LogP contribution in [0.4, 0.5) is 0 Å². The topological polar surface area (TPSA) is 20.2 Å². The Balaban J connectivity index is 2.19. The maximum absolute atomic E-state index is 9.59. The second kappa shape index (κ2) is 2.12. The Labute approximate surface area is 66.4 Å². The molecule has 0 amide bonds. The quantitative estimate of drug-likeness (QED) is 0.580. The minimum atomic E-state index is -0.0938. The first-order valence-electron chi connectivity index (χ1n) is 4.01. The van der Waals surface area contributed by atoms with E-state index in [1.165, 1.54) is 12.8 Å². The van der Waals surface area contributed by atoms with Crippen molar-refractivity contribution in [1.82, 2.24) is 0 Å². The summed E-state index contributed by atoms with van der Waals surface area (Å²) in [5, 5.41) is 9.59. The zero-order chi connectivity index (χ0) is 7.19. The molecule has 2 saturated carbocycles. The molecule has 3 atom stereocenters. The summed E-state index contributed by atoms with van der Waals surface area (Å²) in [7, 11) is 0. The van der Waals surface area contributed by atoms with Crippen LogP contribution in [0.3, 0.4) is 0 Å². The lowest BCUT2D eigenvalue weighted by Crippen LogP contribution is -2.31. The molecule has 2 rings (SSSR count). The van der Waals surface area contributed by atoms with Crippen LogP contribution in [0.1, 0.15) is 25.7 Å². The zero-order valence-electron chi connectivity index (χ0n) is 6.02. The molecule has 2 aliphatic rings. The minimum Gasteiger partial charge on any atom is -0.392 e. The van der Waals surface area contributed by atoms with Crippen LogP contribution in [0.15, 0.2) is 0 Å². The molecule has 1 nitrogen and oxygen atoms in total. The molecule has 0 aromatic carbocycles. The predicted octanol–water partition coefficient (Wildman–Crippen LogP) is 1.78. The predicted molar refractivity (Wildman–Crippen MR) is 41.1 cm³/mol. The Morgan fingerprint density at radius 1 is 1.60 bits per heavy atom. The number of aliphatic hydroxyl groups excluding tert-OH is 1. The monoisotopic (exact) mass is 160 g/mol. The molecule has 58 valence electrons. The van der Waals surface area contributed by atoms with Crippen molar-refractivity contribution in [3.63, 3.8) is 0 Å². The van der Waals surface area contributed by atoms with Crippen LogP contribution in [0.2, 0.25) is 0 Å². The smallest absolute Gasteiger partial charge is 0.0610 e. The van der Waals surface area contributed by atoms with E-state index in [1.807, 2.05) is 0 Å². The maximum Gasteiger partial charge on any atom is 0.0610 e. The molecule has 2 fully saturated rings. The molecular formula is C8H13ClO. The fraction of sp³-hybridized carbons (Fsp3) is 1.00. The molecule has 0 radical (unpaired) electrons. The van der Waals surface area contributed by atoms with Crippen LogP contribution in [0, 0.1) is 11.3 Å². The highest BCUT2D eigenvalue weighted by Gasteiger charge is 2.50. The molecule has 0 aliphatic heterocycles. The average molecular weight is 161 g/mol. The summed E-state index contributed by atoms with van der Waals surface area (Å²) in [4.78, 5) is 0. The van der Waals surface area contributed by atoms with Gasteiger partial charge in [-0.3, -0.25) is 0 Å². The third-order valence-electron chi connectivity index (χ3n) is 3.28. The molecule has 2 aliphatic carbocycles. The van der Waals surface area contributed by atoms with E-state index < -0.39 is 0 Å². The van der Waals surface area contributed by atoms with Crippen molar-refractivity contribution in [3.8, 4) is 0 Å². The van der Waals surface area contributed by atoms with Crippen molar-refractivity contribution in [1.29, 1.82) is 0 Å². The van der Waals surface area contributed by atoms with Gasteiger partial charge in [-0.15, -0.1) is 11.6 Å². The van der Waals surface area contributed by atoms with Crippen LogP contribution in [-0.4, -0.2) is 17.1 Å². The van der Waals surface area contributed by atoms with E-state index in [0.717, 1.165) is 18.8 Å². The second-order valence-electron chi connectivity index (χ2n) is 3.86. The Kier molecular flexibility index (Phi) is 1.47. The average Bonchev–Trinajstić information content (AvgIpc) is 2.44. The van der Waals surface area contributed by atoms with Gasteiger partial charge >= 0.3 is 0 Å². The van der Waals surface area contributed by atoms with E-state index >= 15 is 0 Å². The lowest BCUT2D eigenvalue weighted by atomic mass is 9.84. The number of hydrogen-bond donors (Lipinski definition) is 1. The number of hydrogen-bond acceptors (Lipinski definition) is 1. The summed E-state index contributed by atoms with van der Waals surface area (Å²) in [6, 6.07) is 0. The van der Waals surface area contributed by atoms with E-state index in [2.05, 4.69) is 0 Å². The maximum atomic E-state index is 9.59. The number of rotatable bonds is 1. The van der Waals surface area contributed by atoms with E-state index in [4.69, 9.17) is 11.6 Å². The van der Waals surface area contributed by atoms with Gasteiger partial charge in [0.05, 0.1) is 6.10 Å². The highest BCUT2D eigenvalue weighted by molar-refractivity contribution is 6.18. The number of aliphatic hydroxyl groups is 1. The number of halogens is 1. The Morgan fingerprint density at radius 2 is 2.40 bits per heavy atom. The number of fused-ring (bicyclic) bond motifs is 2. The van der Waals surface area contributed by atoms with Gasteiger partial charge in [-0.05, 0) is 31.6 Å². The van der Waals surface area contributed by atoms with Crippen LogP contribution < -0.4 is 0 Å². The summed E-state index contributed by atoms with van der Waals surface area (Å²) in [5.41, 5.74) is 0.131. The first kappa shape index (κ1) is 6.93. The Morgan fingerprint density at radius 3 is 2.70 bits per heavy atom. The normalized spacial score (nSPS) is 52.2. The molecule has 0 spiro atoms. The highest BCUT2D eigenvalue weighted by Crippen LogP contribution is 2.54. The Bertz CT molecular complexity index is 148. The van der Waals surface area contributed by atoms with Gasteiger partial charge in [-0.2, -0.15) is 0 Å². The van der Waals surface area contributed by atoms with Gasteiger partial charge in [0.15, 0.2) is 0 Å². The SMILES string of the molecule is O[C@@H]1C[C@H]2CC[C@]1(CCl)C2. The van der Waals surface area contributed by atoms with Crippen LogP contribution in [0.25, 0.3) is 0 Å². The van der Waals surface area contributed by atoms with Crippen LogP contribution in [0.5, 0.6) is 0 Å². The first-order valence-corrected chi connectivity index (χ1v) is 4.54. The lowest BCUT2D eigenvalue weighted by Gasteiger charge is -2.28. The molecule has 0 heterocycles.